The molecule has 0 fully saturated rings. The molecular formula is C18H16NO5S-. The van der Waals surface area contributed by atoms with Crippen molar-refractivity contribution in [2.24, 2.45) is 0 Å². The van der Waals surface area contributed by atoms with Gasteiger partial charge in [-0.1, -0.05) is 42.0 Å². The van der Waals surface area contributed by atoms with Gasteiger partial charge in [0, 0.05) is 35.1 Å². The number of aliphatic carboxylic acids is 1. The van der Waals surface area contributed by atoms with Gasteiger partial charge in [-0.05, 0) is 12.5 Å². The second-order valence-electron chi connectivity index (χ2n) is 5.51. The van der Waals surface area contributed by atoms with E-state index >= 15 is 0 Å². The highest BCUT2D eigenvalue weighted by molar-refractivity contribution is 8.00. The lowest BCUT2D eigenvalue weighted by Crippen LogP contribution is -2.25. The molecule has 2 rings (SSSR count). The number of hydrogen-bond acceptors (Lipinski definition) is 6. The topological polar surface area (TPSA) is 100 Å². The van der Waals surface area contributed by atoms with Crippen LogP contribution in [0.5, 0.6) is 0 Å². The van der Waals surface area contributed by atoms with Crippen molar-refractivity contribution in [3.05, 3.63) is 75.3 Å². The van der Waals surface area contributed by atoms with Crippen molar-refractivity contribution < 1.29 is 19.6 Å². The van der Waals surface area contributed by atoms with Gasteiger partial charge in [0.15, 0.2) is 5.78 Å². The molecule has 0 aromatic heterocycles. The quantitative estimate of drug-likeness (QED) is 0.408. The normalized spacial score (nSPS) is 11.7. The van der Waals surface area contributed by atoms with Gasteiger partial charge in [-0.25, -0.2) is 0 Å². The second-order valence-corrected chi connectivity index (χ2v) is 6.70. The highest BCUT2D eigenvalue weighted by atomic mass is 32.2. The molecule has 0 spiro atoms. The molecule has 0 radical (unpaired) electrons. The minimum atomic E-state index is -1.22. The Morgan fingerprint density at radius 1 is 1.08 bits per heavy atom. The molecule has 2 aromatic rings. The summed E-state index contributed by atoms with van der Waals surface area (Å²) < 4.78 is 0. The molecule has 1 atom stereocenters. The molecule has 0 aliphatic heterocycles. The van der Waals surface area contributed by atoms with Crippen molar-refractivity contribution in [3.8, 4) is 0 Å². The van der Waals surface area contributed by atoms with Gasteiger partial charge >= 0.3 is 0 Å². The summed E-state index contributed by atoms with van der Waals surface area (Å²) in [4.78, 5) is 33.5. The summed E-state index contributed by atoms with van der Waals surface area (Å²) >= 11 is 1.07. The van der Waals surface area contributed by atoms with Crippen LogP contribution in [0.25, 0.3) is 0 Å². The predicted octanol–water partition coefficient (Wildman–Crippen LogP) is 2.70. The number of non-ortho nitro benzene ring substituents is 1. The van der Waals surface area contributed by atoms with Gasteiger partial charge in [0.05, 0.1) is 10.9 Å². The van der Waals surface area contributed by atoms with Crippen molar-refractivity contribution in [1.82, 2.24) is 0 Å². The number of carboxylic acid groups (broad SMARTS) is 1. The Morgan fingerprint density at radius 2 is 1.68 bits per heavy atom. The minimum absolute atomic E-state index is 0.0581. The third-order valence-corrected chi connectivity index (χ3v) is 4.87. The van der Waals surface area contributed by atoms with Gasteiger partial charge in [-0.3, -0.25) is 14.9 Å². The van der Waals surface area contributed by atoms with Crippen LogP contribution in [0, 0.1) is 17.0 Å². The van der Waals surface area contributed by atoms with Gasteiger partial charge in [0.1, 0.15) is 0 Å². The van der Waals surface area contributed by atoms with E-state index in [2.05, 4.69) is 0 Å². The Labute approximate surface area is 149 Å². The number of aryl methyl sites for hydroxylation is 1. The van der Waals surface area contributed by atoms with Crippen LogP contribution in [-0.2, 0) is 4.79 Å². The van der Waals surface area contributed by atoms with E-state index in [0.717, 1.165) is 17.3 Å². The second kappa shape index (κ2) is 8.43. The van der Waals surface area contributed by atoms with Crippen molar-refractivity contribution >= 4 is 29.2 Å². The number of carbonyl (C=O) groups is 2. The van der Waals surface area contributed by atoms with Crippen LogP contribution in [0.1, 0.15) is 33.2 Å². The molecule has 0 saturated carbocycles. The fraction of sp³-hybridized carbons (Fsp3) is 0.222. The SMILES string of the molecule is Cc1ccc(C(=O)C[C@@H](SCC(=O)[O-])c2ccc([N+](=O)[O-])cc2)cc1. The first kappa shape index (κ1) is 18.7. The zero-order valence-corrected chi connectivity index (χ0v) is 14.3. The summed E-state index contributed by atoms with van der Waals surface area (Å²) in [5.74, 6) is -1.60. The lowest BCUT2D eigenvalue weighted by atomic mass is 10.0. The van der Waals surface area contributed by atoms with Crippen LogP contribution in [0.15, 0.2) is 48.5 Å². The average Bonchev–Trinajstić information content (AvgIpc) is 2.59. The summed E-state index contributed by atoms with van der Waals surface area (Å²) in [6, 6.07) is 12.9. The van der Waals surface area contributed by atoms with Gasteiger partial charge in [-0.2, -0.15) is 0 Å². The van der Waals surface area contributed by atoms with E-state index in [1.54, 1.807) is 24.3 Å². The van der Waals surface area contributed by atoms with E-state index in [1.165, 1.54) is 12.1 Å². The fourth-order valence-electron chi connectivity index (χ4n) is 2.28. The highest BCUT2D eigenvalue weighted by Crippen LogP contribution is 2.34. The van der Waals surface area contributed by atoms with Crippen LogP contribution in [0.3, 0.4) is 0 Å². The molecule has 0 saturated heterocycles. The number of carbonyl (C=O) groups excluding carboxylic acids is 2. The summed E-state index contributed by atoms with van der Waals surface area (Å²) in [5.41, 5.74) is 2.19. The molecule has 130 valence electrons. The van der Waals surface area contributed by atoms with E-state index < -0.39 is 16.1 Å². The van der Waals surface area contributed by atoms with E-state index in [1.807, 2.05) is 19.1 Å². The number of carboxylic acids is 1. The van der Waals surface area contributed by atoms with Crippen molar-refractivity contribution in [2.75, 3.05) is 5.75 Å². The van der Waals surface area contributed by atoms with Gasteiger partial charge in [-0.15, -0.1) is 11.8 Å². The lowest BCUT2D eigenvalue weighted by Gasteiger charge is -2.17. The third kappa shape index (κ3) is 5.42. The zero-order valence-electron chi connectivity index (χ0n) is 13.5. The van der Waals surface area contributed by atoms with Gasteiger partial charge in [0.2, 0.25) is 0 Å². The van der Waals surface area contributed by atoms with E-state index in [4.69, 9.17) is 0 Å². The largest absolute Gasteiger partial charge is 0.549 e. The van der Waals surface area contributed by atoms with Crippen LogP contribution in [0.4, 0.5) is 5.69 Å². The molecular weight excluding hydrogens is 342 g/mol. The number of nitro groups is 1. The summed E-state index contributed by atoms with van der Waals surface area (Å²) in [5, 5.41) is 21.1. The first-order valence-electron chi connectivity index (χ1n) is 7.52. The molecule has 0 amide bonds. The number of nitro benzene ring substituents is 1. The van der Waals surface area contributed by atoms with Crippen molar-refractivity contribution in [3.63, 3.8) is 0 Å². The van der Waals surface area contributed by atoms with Crippen molar-refractivity contribution in [2.45, 2.75) is 18.6 Å². The molecule has 0 bridgehead atoms. The monoisotopic (exact) mass is 358 g/mol. The van der Waals surface area contributed by atoms with Crippen LogP contribution in [0.2, 0.25) is 0 Å². The number of thioether (sulfide) groups is 1. The molecule has 7 heteroatoms. The molecule has 0 aliphatic carbocycles. The van der Waals surface area contributed by atoms with Crippen LogP contribution in [-0.4, -0.2) is 22.4 Å². The van der Waals surface area contributed by atoms with Crippen LogP contribution >= 0.6 is 11.8 Å². The van der Waals surface area contributed by atoms with Gasteiger partial charge in [0.25, 0.3) is 5.69 Å². The maximum Gasteiger partial charge on any atom is 0.269 e. The standard InChI is InChI=1S/C18H17NO5S/c1-12-2-4-13(5-3-12)16(20)10-17(25-11-18(21)22)14-6-8-15(9-7-14)19(23)24/h2-9,17H,10-11H2,1H3,(H,21,22)/p-1/t17-/m1/s1. The number of nitrogens with zero attached hydrogens (tertiary/aromatic N) is 1. The smallest absolute Gasteiger partial charge is 0.269 e. The predicted molar refractivity (Wildman–Crippen MR) is 93.4 cm³/mol. The minimum Gasteiger partial charge on any atom is -0.549 e. The Morgan fingerprint density at radius 3 is 2.20 bits per heavy atom. The first-order chi connectivity index (χ1) is 11.9. The van der Waals surface area contributed by atoms with E-state index in [-0.39, 0.29) is 23.6 Å². The Hall–Kier alpha value is -2.67. The van der Waals surface area contributed by atoms with Crippen molar-refractivity contribution in [1.29, 1.82) is 0 Å². The Kier molecular flexibility index (Phi) is 6.30. The maximum absolute atomic E-state index is 12.5. The molecule has 2 aromatic carbocycles. The maximum atomic E-state index is 12.5. The number of ketones is 1. The van der Waals surface area contributed by atoms with E-state index in [0.29, 0.717) is 11.1 Å². The lowest BCUT2D eigenvalue weighted by molar-refractivity contribution is -0.384. The third-order valence-electron chi connectivity index (χ3n) is 3.62. The van der Waals surface area contributed by atoms with Gasteiger partial charge < -0.3 is 9.90 Å². The first-order valence-corrected chi connectivity index (χ1v) is 8.57. The summed E-state index contributed by atoms with van der Waals surface area (Å²) in [7, 11) is 0. The molecule has 6 nitrogen and oxygen atoms in total. The molecule has 25 heavy (non-hydrogen) atoms. The Balaban J connectivity index is 2.19. The summed E-state index contributed by atoms with van der Waals surface area (Å²) in [6.45, 7) is 1.92. The van der Waals surface area contributed by atoms with Crippen LogP contribution < -0.4 is 5.11 Å². The highest BCUT2D eigenvalue weighted by Gasteiger charge is 2.19. The number of benzene rings is 2. The molecule has 0 aliphatic rings. The molecule has 0 unspecified atom stereocenters. The number of hydrogen-bond donors (Lipinski definition) is 0. The fourth-order valence-corrected chi connectivity index (χ4v) is 3.23. The Bertz CT molecular complexity index is 771. The number of Topliss-reactive ketones (excluding diaryl/α,β-unsaturated/α-hetero) is 1. The summed E-state index contributed by atoms with van der Waals surface area (Å²) in [6.07, 6.45) is 0.0961. The molecule has 0 heterocycles. The van der Waals surface area contributed by atoms with E-state index in [9.17, 15) is 24.8 Å². The molecule has 0 N–H and O–H groups in total. The number of rotatable bonds is 8. The average molecular weight is 358 g/mol. The zero-order chi connectivity index (χ0) is 18.4.